The van der Waals surface area contributed by atoms with Crippen molar-refractivity contribution in [2.75, 3.05) is 5.32 Å². The molecule has 0 spiro atoms. The van der Waals surface area contributed by atoms with E-state index in [1.165, 1.54) is 6.33 Å². The number of benzene rings is 2. The molecule has 2 aromatic carbocycles. The second-order valence-electron chi connectivity index (χ2n) is 7.13. The number of carbonyl (C=O) groups excluding carboxylic acids is 1. The highest BCUT2D eigenvalue weighted by atomic mass is 35.5. The van der Waals surface area contributed by atoms with Crippen LogP contribution >= 0.6 is 23.2 Å². The third kappa shape index (κ3) is 5.09. The highest BCUT2D eigenvalue weighted by Crippen LogP contribution is 2.22. The smallest absolute Gasteiger partial charge is 0.280 e. The molecule has 1 amide bonds. The van der Waals surface area contributed by atoms with Crippen LogP contribution < -0.4 is 10.1 Å². The van der Waals surface area contributed by atoms with Crippen LogP contribution in [0.1, 0.15) is 32.9 Å². The minimum atomic E-state index is -0.494. The van der Waals surface area contributed by atoms with Crippen molar-refractivity contribution in [1.29, 1.82) is 0 Å². The maximum Gasteiger partial charge on any atom is 0.280 e. The first-order valence-electron chi connectivity index (χ1n) is 9.68. The van der Waals surface area contributed by atoms with E-state index in [9.17, 15) is 4.79 Å². The highest BCUT2D eigenvalue weighted by molar-refractivity contribution is 6.35. The Bertz CT molecular complexity index is 1270. The molecular formula is C22H19Cl2N5O3. The number of halogens is 2. The molecule has 0 saturated heterocycles. The van der Waals surface area contributed by atoms with Crippen LogP contribution in [0.25, 0.3) is 0 Å². The summed E-state index contributed by atoms with van der Waals surface area (Å²) in [4.78, 5) is 16.9. The molecule has 2 aromatic heterocycles. The molecule has 0 aliphatic rings. The molecule has 0 fully saturated rings. The summed E-state index contributed by atoms with van der Waals surface area (Å²) in [6.45, 7) is 4.21. The van der Waals surface area contributed by atoms with Gasteiger partial charge in [-0.2, -0.15) is 0 Å². The van der Waals surface area contributed by atoms with E-state index in [2.05, 4.69) is 20.6 Å². The van der Waals surface area contributed by atoms with E-state index in [1.807, 2.05) is 37.3 Å². The van der Waals surface area contributed by atoms with E-state index in [-0.39, 0.29) is 18.2 Å². The number of carbonyl (C=O) groups is 1. The topological polar surface area (TPSA) is 95.1 Å². The Balaban J connectivity index is 1.43. The maximum atomic E-state index is 12.8. The van der Waals surface area contributed by atoms with Gasteiger partial charge >= 0.3 is 0 Å². The van der Waals surface area contributed by atoms with Crippen molar-refractivity contribution in [2.24, 2.45) is 0 Å². The number of hydrogen-bond donors (Lipinski definition) is 1. The van der Waals surface area contributed by atoms with Gasteiger partial charge in [0, 0.05) is 10.0 Å². The molecular weight excluding hydrogens is 453 g/mol. The molecule has 4 rings (SSSR count). The Labute approximate surface area is 194 Å². The van der Waals surface area contributed by atoms with Gasteiger partial charge < -0.3 is 9.26 Å². The van der Waals surface area contributed by atoms with Crippen LogP contribution in [0, 0.1) is 13.8 Å². The predicted molar refractivity (Wildman–Crippen MR) is 120 cm³/mol. The predicted octanol–water partition coefficient (Wildman–Crippen LogP) is 5.07. The number of ether oxygens (including phenoxy) is 1. The van der Waals surface area contributed by atoms with Gasteiger partial charge in [0.1, 0.15) is 24.4 Å². The summed E-state index contributed by atoms with van der Waals surface area (Å²) in [6.07, 6.45) is 1.50. The molecule has 4 aromatic rings. The molecule has 32 heavy (non-hydrogen) atoms. The average Bonchev–Trinajstić information content (AvgIpc) is 3.34. The molecule has 0 aliphatic heterocycles. The van der Waals surface area contributed by atoms with Gasteiger partial charge in [-0.15, -0.1) is 5.10 Å². The van der Waals surface area contributed by atoms with Crippen molar-refractivity contribution in [2.45, 2.75) is 27.0 Å². The van der Waals surface area contributed by atoms with Gasteiger partial charge in [0.15, 0.2) is 5.69 Å². The van der Waals surface area contributed by atoms with Crippen LogP contribution in [0.15, 0.2) is 53.3 Å². The quantitative estimate of drug-likeness (QED) is 0.404. The molecule has 0 unspecified atom stereocenters. The first kappa shape index (κ1) is 21.9. The summed E-state index contributed by atoms with van der Waals surface area (Å²) in [6, 6.07) is 12.8. The van der Waals surface area contributed by atoms with E-state index in [4.69, 9.17) is 32.5 Å². The summed E-state index contributed by atoms with van der Waals surface area (Å²) in [7, 11) is 0. The normalized spacial score (nSPS) is 10.9. The Morgan fingerprint density at radius 2 is 2.03 bits per heavy atom. The molecule has 10 heteroatoms. The number of anilines is 1. The second kappa shape index (κ2) is 9.42. The van der Waals surface area contributed by atoms with Gasteiger partial charge in [-0.1, -0.05) is 46.6 Å². The minimum absolute atomic E-state index is 0.118. The molecule has 164 valence electrons. The Hall–Kier alpha value is -3.36. The van der Waals surface area contributed by atoms with E-state index >= 15 is 0 Å². The van der Waals surface area contributed by atoms with E-state index in [0.717, 1.165) is 11.1 Å². The Morgan fingerprint density at radius 3 is 2.81 bits per heavy atom. The van der Waals surface area contributed by atoms with Crippen LogP contribution in [0.3, 0.4) is 0 Å². The first-order chi connectivity index (χ1) is 15.4. The lowest BCUT2D eigenvalue weighted by Gasteiger charge is -2.07. The lowest BCUT2D eigenvalue weighted by molar-refractivity contribution is 0.101. The molecule has 1 N–H and O–H groups in total. The molecule has 0 aliphatic carbocycles. The first-order valence-corrected chi connectivity index (χ1v) is 10.4. The van der Waals surface area contributed by atoms with Crippen molar-refractivity contribution in [3.63, 3.8) is 0 Å². The standard InChI is InChI=1S/C22H19Cl2N5O3/c1-13-4-3-5-17(8-13)31-11-18-14(2)32-28-20(18)21(30)26-22-25-12-29(27-22)10-15-6-7-16(23)9-19(15)24/h3-9,12H,10-11H2,1-2H3,(H,26,27,30). The van der Waals surface area contributed by atoms with Crippen LogP contribution in [-0.2, 0) is 13.2 Å². The maximum absolute atomic E-state index is 12.8. The fraction of sp³-hybridized carbons (Fsp3) is 0.182. The highest BCUT2D eigenvalue weighted by Gasteiger charge is 2.21. The summed E-state index contributed by atoms with van der Waals surface area (Å²) < 4.78 is 12.6. The summed E-state index contributed by atoms with van der Waals surface area (Å²) in [5.74, 6) is 0.829. The van der Waals surface area contributed by atoms with Gasteiger partial charge in [0.05, 0.1) is 12.1 Å². The average molecular weight is 472 g/mol. The number of aromatic nitrogens is 4. The minimum Gasteiger partial charge on any atom is -0.489 e. The molecule has 8 nitrogen and oxygen atoms in total. The van der Waals surface area contributed by atoms with Crippen molar-refractivity contribution in [3.05, 3.63) is 87.0 Å². The zero-order chi connectivity index (χ0) is 22.7. The summed E-state index contributed by atoms with van der Waals surface area (Å²) in [5.41, 5.74) is 2.56. The van der Waals surface area contributed by atoms with Gasteiger partial charge in [-0.3, -0.25) is 10.1 Å². The number of amides is 1. The van der Waals surface area contributed by atoms with Crippen molar-refractivity contribution in [3.8, 4) is 5.75 Å². The van der Waals surface area contributed by atoms with Crippen molar-refractivity contribution in [1.82, 2.24) is 19.9 Å². The molecule has 0 saturated carbocycles. The Morgan fingerprint density at radius 1 is 1.19 bits per heavy atom. The fourth-order valence-electron chi connectivity index (χ4n) is 3.01. The van der Waals surface area contributed by atoms with Crippen LogP contribution in [0.2, 0.25) is 10.0 Å². The van der Waals surface area contributed by atoms with Crippen LogP contribution in [-0.4, -0.2) is 25.8 Å². The summed E-state index contributed by atoms with van der Waals surface area (Å²) in [5, 5.41) is 11.9. The van der Waals surface area contributed by atoms with Gasteiger partial charge in [-0.05, 0) is 49.2 Å². The van der Waals surface area contributed by atoms with Gasteiger partial charge in [-0.25, -0.2) is 9.67 Å². The molecule has 2 heterocycles. The van der Waals surface area contributed by atoms with Crippen molar-refractivity contribution < 1.29 is 14.1 Å². The Kier molecular flexibility index (Phi) is 6.43. The molecule has 0 radical (unpaired) electrons. The number of aryl methyl sites for hydroxylation is 2. The SMILES string of the molecule is Cc1cccc(OCc2c(C(=O)Nc3ncn(Cc4ccc(Cl)cc4Cl)n3)noc2C)c1. The number of nitrogens with zero attached hydrogens (tertiary/aromatic N) is 4. The third-order valence-electron chi connectivity index (χ3n) is 4.68. The summed E-state index contributed by atoms with van der Waals surface area (Å²) >= 11 is 12.1. The molecule has 0 bridgehead atoms. The van der Waals surface area contributed by atoms with Crippen LogP contribution in [0.5, 0.6) is 5.75 Å². The van der Waals surface area contributed by atoms with Gasteiger partial charge in [0.25, 0.3) is 5.91 Å². The van der Waals surface area contributed by atoms with Crippen molar-refractivity contribution >= 4 is 35.1 Å². The number of rotatable bonds is 7. The van der Waals surface area contributed by atoms with Crippen LogP contribution in [0.4, 0.5) is 5.95 Å². The van der Waals surface area contributed by atoms with E-state index in [0.29, 0.717) is 33.7 Å². The zero-order valence-electron chi connectivity index (χ0n) is 17.3. The van der Waals surface area contributed by atoms with E-state index < -0.39 is 5.91 Å². The number of nitrogens with one attached hydrogen (secondary N) is 1. The molecule has 0 atom stereocenters. The lowest BCUT2D eigenvalue weighted by atomic mass is 10.2. The monoisotopic (exact) mass is 471 g/mol. The van der Waals surface area contributed by atoms with E-state index in [1.54, 1.807) is 23.7 Å². The largest absolute Gasteiger partial charge is 0.489 e. The fourth-order valence-corrected chi connectivity index (χ4v) is 3.48. The zero-order valence-corrected chi connectivity index (χ0v) is 18.8. The third-order valence-corrected chi connectivity index (χ3v) is 5.27. The number of hydrogen-bond acceptors (Lipinski definition) is 6. The lowest BCUT2D eigenvalue weighted by Crippen LogP contribution is -2.16. The van der Waals surface area contributed by atoms with Gasteiger partial charge in [0.2, 0.25) is 5.95 Å². The second-order valence-corrected chi connectivity index (χ2v) is 7.97.